The van der Waals surface area contributed by atoms with Crippen molar-refractivity contribution in [3.05, 3.63) is 9.47 Å². The fourth-order valence-corrected chi connectivity index (χ4v) is 2.32. The molecule has 0 radical (unpaired) electrons. The molecule has 0 aliphatic rings. The van der Waals surface area contributed by atoms with Crippen molar-refractivity contribution in [3.63, 3.8) is 0 Å². The zero-order valence-corrected chi connectivity index (χ0v) is 13.0. The van der Waals surface area contributed by atoms with E-state index >= 15 is 0 Å². The number of ether oxygens (including phenoxy) is 1. The zero-order chi connectivity index (χ0) is 14.3. The third-order valence-electron chi connectivity index (χ3n) is 2.47. The van der Waals surface area contributed by atoms with Gasteiger partial charge in [-0.2, -0.15) is 0 Å². The summed E-state index contributed by atoms with van der Waals surface area (Å²) in [5.74, 6) is -0.139. The van der Waals surface area contributed by atoms with E-state index in [0.29, 0.717) is 24.7 Å². The molecule has 0 N–H and O–H groups in total. The highest BCUT2D eigenvalue weighted by Gasteiger charge is 2.19. The van der Waals surface area contributed by atoms with Gasteiger partial charge in [-0.05, 0) is 38.7 Å². The second kappa shape index (κ2) is 8.42. The minimum atomic E-state index is -0.139. The van der Waals surface area contributed by atoms with Gasteiger partial charge in [0.15, 0.2) is 0 Å². The number of aromatic nitrogens is 2. The van der Waals surface area contributed by atoms with E-state index in [1.54, 1.807) is 12.0 Å². The fraction of sp³-hybridized carbons (Fsp3) is 0.727. The molecule has 0 saturated heterocycles. The predicted octanol–water partition coefficient (Wildman–Crippen LogP) is 1.23. The molecule has 0 saturated carbocycles. The van der Waals surface area contributed by atoms with Crippen LogP contribution in [0.15, 0.2) is 0 Å². The van der Waals surface area contributed by atoms with Gasteiger partial charge in [0.2, 0.25) is 9.47 Å². The number of methoxy groups -OCH3 is 1. The Labute approximate surface area is 122 Å². The average Bonchev–Trinajstić information content (AvgIpc) is 2.79. The number of amides is 1. The summed E-state index contributed by atoms with van der Waals surface area (Å²) in [6.07, 6.45) is 0.898. The lowest BCUT2D eigenvalue weighted by Crippen LogP contribution is -2.36. The predicted molar refractivity (Wildman–Crippen MR) is 75.9 cm³/mol. The number of hydrogen-bond acceptors (Lipinski definition) is 6. The number of halogens is 1. The van der Waals surface area contributed by atoms with Gasteiger partial charge in [0.25, 0.3) is 5.91 Å². The average molecular weight is 307 g/mol. The number of hydrogen-bond donors (Lipinski definition) is 0. The molecule has 0 aliphatic carbocycles. The van der Waals surface area contributed by atoms with E-state index < -0.39 is 0 Å². The van der Waals surface area contributed by atoms with Gasteiger partial charge in [0.1, 0.15) is 0 Å². The van der Waals surface area contributed by atoms with Crippen molar-refractivity contribution in [2.45, 2.75) is 6.42 Å². The SMILES string of the molecule is COCCN(CCCN(C)C)C(=O)c1nnc(Cl)s1. The van der Waals surface area contributed by atoms with Gasteiger partial charge < -0.3 is 14.5 Å². The summed E-state index contributed by atoms with van der Waals surface area (Å²) < 4.78 is 5.31. The van der Waals surface area contributed by atoms with Crippen LogP contribution in [0.5, 0.6) is 0 Å². The van der Waals surface area contributed by atoms with Crippen LogP contribution in [0.4, 0.5) is 0 Å². The van der Waals surface area contributed by atoms with Crippen LogP contribution in [0.25, 0.3) is 0 Å². The maximum Gasteiger partial charge on any atom is 0.284 e. The zero-order valence-electron chi connectivity index (χ0n) is 11.4. The smallest absolute Gasteiger partial charge is 0.284 e. The molecular weight excluding hydrogens is 288 g/mol. The third-order valence-corrected chi connectivity index (χ3v) is 3.48. The molecule has 8 heteroatoms. The molecule has 1 heterocycles. The first-order chi connectivity index (χ1) is 9.04. The first-order valence-corrected chi connectivity index (χ1v) is 7.16. The second-order valence-corrected chi connectivity index (χ2v) is 5.86. The van der Waals surface area contributed by atoms with Gasteiger partial charge in [-0.1, -0.05) is 11.3 Å². The highest BCUT2D eigenvalue weighted by atomic mass is 35.5. The molecule has 0 spiro atoms. The Morgan fingerprint density at radius 2 is 2.05 bits per heavy atom. The minimum absolute atomic E-state index is 0.139. The maximum absolute atomic E-state index is 12.2. The van der Waals surface area contributed by atoms with E-state index in [4.69, 9.17) is 16.3 Å². The van der Waals surface area contributed by atoms with Crippen molar-refractivity contribution >= 4 is 28.8 Å². The third kappa shape index (κ3) is 5.82. The number of nitrogens with zero attached hydrogens (tertiary/aromatic N) is 4. The van der Waals surface area contributed by atoms with Crippen molar-refractivity contribution in [2.75, 3.05) is 47.4 Å². The lowest BCUT2D eigenvalue weighted by Gasteiger charge is -2.22. The second-order valence-electron chi connectivity index (χ2n) is 4.30. The van der Waals surface area contributed by atoms with Crippen molar-refractivity contribution in [1.29, 1.82) is 0 Å². The van der Waals surface area contributed by atoms with Crippen LogP contribution in [-0.2, 0) is 4.74 Å². The van der Waals surface area contributed by atoms with Gasteiger partial charge in [0.05, 0.1) is 6.61 Å². The van der Waals surface area contributed by atoms with Crippen LogP contribution in [-0.4, -0.2) is 73.4 Å². The standard InChI is InChI=1S/C11H19ClN4O2S/c1-15(2)5-4-6-16(7-8-18-3)10(17)9-13-14-11(12)19-9/h4-8H2,1-3H3. The molecule has 0 fully saturated rings. The Morgan fingerprint density at radius 3 is 2.58 bits per heavy atom. The molecule has 1 aromatic heterocycles. The van der Waals surface area contributed by atoms with Gasteiger partial charge in [-0.15, -0.1) is 10.2 Å². The first kappa shape index (κ1) is 16.3. The van der Waals surface area contributed by atoms with E-state index in [1.165, 1.54) is 0 Å². The topological polar surface area (TPSA) is 58.6 Å². The first-order valence-electron chi connectivity index (χ1n) is 5.96. The van der Waals surface area contributed by atoms with Crippen LogP contribution in [0.1, 0.15) is 16.2 Å². The highest BCUT2D eigenvalue weighted by molar-refractivity contribution is 7.17. The summed E-state index contributed by atoms with van der Waals surface area (Å²) in [5, 5.41) is 7.76. The van der Waals surface area contributed by atoms with Crippen LogP contribution in [0.2, 0.25) is 4.47 Å². The molecule has 1 amide bonds. The van der Waals surface area contributed by atoms with Gasteiger partial charge in [0, 0.05) is 20.2 Å². The Bertz CT molecular complexity index is 400. The molecule has 0 bridgehead atoms. The normalized spacial score (nSPS) is 11.0. The van der Waals surface area contributed by atoms with Crippen LogP contribution < -0.4 is 0 Å². The van der Waals surface area contributed by atoms with Gasteiger partial charge >= 0.3 is 0 Å². The van der Waals surface area contributed by atoms with Crippen molar-refractivity contribution in [3.8, 4) is 0 Å². The van der Waals surface area contributed by atoms with Crippen LogP contribution >= 0.6 is 22.9 Å². The molecule has 0 aliphatic heterocycles. The van der Waals surface area contributed by atoms with Crippen molar-refractivity contribution in [1.82, 2.24) is 20.0 Å². The summed E-state index contributed by atoms with van der Waals surface area (Å²) in [4.78, 5) is 16.1. The lowest BCUT2D eigenvalue weighted by molar-refractivity contribution is 0.0688. The van der Waals surface area contributed by atoms with Crippen LogP contribution in [0.3, 0.4) is 0 Å². The molecule has 1 rings (SSSR count). The summed E-state index contributed by atoms with van der Waals surface area (Å²) >= 11 is 6.80. The maximum atomic E-state index is 12.2. The van der Waals surface area contributed by atoms with E-state index in [2.05, 4.69) is 15.1 Å². The molecule has 0 atom stereocenters. The summed E-state index contributed by atoms with van der Waals surface area (Å²) in [6, 6.07) is 0. The van der Waals surface area contributed by atoms with E-state index in [0.717, 1.165) is 24.3 Å². The summed E-state index contributed by atoms with van der Waals surface area (Å²) in [7, 11) is 5.63. The number of carbonyl (C=O) groups is 1. The Morgan fingerprint density at radius 1 is 1.32 bits per heavy atom. The minimum Gasteiger partial charge on any atom is -0.383 e. The largest absolute Gasteiger partial charge is 0.383 e. The Hall–Kier alpha value is -0.760. The highest BCUT2D eigenvalue weighted by Crippen LogP contribution is 2.16. The Kier molecular flexibility index (Phi) is 7.22. The van der Waals surface area contributed by atoms with Gasteiger partial charge in [-0.25, -0.2) is 0 Å². The fourth-order valence-electron chi connectivity index (χ4n) is 1.52. The molecule has 1 aromatic rings. The summed E-state index contributed by atoms with van der Waals surface area (Å²) in [6.45, 7) is 2.63. The van der Waals surface area contributed by atoms with E-state index in [-0.39, 0.29) is 10.4 Å². The monoisotopic (exact) mass is 306 g/mol. The van der Waals surface area contributed by atoms with Crippen molar-refractivity contribution < 1.29 is 9.53 Å². The lowest BCUT2D eigenvalue weighted by atomic mass is 10.3. The molecule has 19 heavy (non-hydrogen) atoms. The van der Waals surface area contributed by atoms with E-state index in [1.807, 2.05) is 14.1 Å². The molecule has 6 nitrogen and oxygen atoms in total. The van der Waals surface area contributed by atoms with Gasteiger partial charge in [-0.3, -0.25) is 4.79 Å². The molecule has 0 unspecified atom stereocenters. The molecule has 0 aromatic carbocycles. The molecular formula is C11H19ClN4O2S. The number of rotatable bonds is 8. The quantitative estimate of drug-likeness (QED) is 0.723. The Balaban J connectivity index is 2.59. The van der Waals surface area contributed by atoms with Crippen molar-refractivity contribution in [2.24, 2.45) is 0 Å². The molecule has 108 valence electrons. The number of carbonyl (C=O) groups excluding carboxylic acids is 1. The van der Waals surface area contributed by atoms with Crippen LogP contribution in [0, 0.1) is 0 Å². The van der Waals surface area contributed by atoms with E-state index in [9.17, 15) is 4.79 Å². The summed E-state index contributed by atoms with van der Waals surface area (Å²) in [5.41, 5.74) is 0.